The van der Waals surface area contributed by atoms with Gasteiger partial charge in [0.2, 0.25) is 15.9 Å². The van der Waals surface area contributed by atoms with E-state index in [1.54, 1.807) is 13.2 Å². The van der Waals surface area contributed by atoms with Gasteiger partial charge < -0.3 is 10.1 Å². The smallest absolute Gasteiger partial charge is 0.248 e. The second kappa shape index (κ2) is 8.32. The number of amides is 1. The zero-order valence-corrected chi connectivity index (χ0v) is 16.6. The number of carbonyl (C=O) groups excluding carboxylic acids is 1. The number of fused-ring (bicyclic) bond motifs is 1. The first kappa shape index (κ1) is 20.3. The molecular weight excluding hydrogens is 395 g/mol. The summed E-state index contributed by atoms with van der Waals surface area (Å²) < 4.78 is 43.6. The highest BCUT2D eigenvalue weighted by Crippen LogP contribution is 2.23. The molecule has 8 heteroatoms. The lowest BCUT2D eigenvalue weighted by atomic mass is 10.1. The number of halogens is 1. The highest BCUT2D eigenvalue weighted by atomic mass is 32.2. The Morgan fingerprint density at radius 1 is 1.03 bits per heavy atom. The predicted molar refractivity (Wildman–Crippen MR) is 113 cm³/mol. The average molecular weight is 414 g/mol. The Hall–Kier alpha value is -3.39. The molecule has 0 radical (unpaired) electrons. The lowest BCUT2D eigenvalue weighted by molar-refractivity contribution is -0.111. The fourth-order valence-electron chi connectivity index (χ4n) is 2.71. The fraction of sp³-hybridized carbons (Fsp3) is 0.0952. The van der Waals surface area contributed by atoms with Crippen LogP contribution in [0.5, 0.6) is 5.75 Å². The molecule has 0 aliphatic carbocycles. The molecule has 0 saturated carbocycles. The van der Waals surface area contributed by atoms with Gasteiger partial charge in [-0.3, -0.25) is 9.52 Å². The molecule has 3 aromatic rings. The third-order valence-corrected chi connectivity index (χ3v) is 4.62. The summed E-state index contributed by atoms with van der Waals surface area (Å²) in [7, 11) is -2.03. The normalized spacial score (nSPS) is 11.6. The second-order valence-corrected chi connectivity index (χ2v) is 8.11. The Kier molecular flexibility index (Phi) is 5.84. The summed E-state index contributed by atoms with van der Waals surface area (Å²) in [6.45, 7) is 0. The number of benzene rings is 3. The summed E-state index contributed by atoms with van der Waals surface area (Å²) in [6, 6.07) is 15.1. The van der Waals surface area contributed by atoms with E-state index < -0.39 is 21.7 Å². The second-order valence-electron chi connectivity index (χ2n) is 6.36. The van der Waals surface area contributed by atoms with E-state index in [1.165, 1.54) is 18.2 Å². The molecule has 150 valence electrons. The van der Waals surface area contributed by atoms with E-state index in [9.17, 15) is 17.6 Å². The van der Waals surface area contributed by atoms with Crippen LogP contribution in [0.1, 0.15) is 5.56 Å². The summed E-state index contributed by atoms with van der Waals surface area (Å²) in [5.41, 5.74) is 0.855. The molecule has 29 heavy (non-hydrogen) atoms. The minimum Gasteiger partial charge on any atom is -0.497 e. The summed E-state index contributed by atoms with van der Waals surface area (Å²) >= 11 is 0. The number of ether oxygens (including phenoxy) is 1. The van der Waals surface area contributed by atoms with Gasteiger partial charge in [-0.2, -0.15) is 0 Å². The monoisotopic (exact) mass is 414 g/mol. The van der Waals surface area contributed by atoms with Gasteiger partial charge in [0.05, 0.1) is 19.1 Å². The zero-order valence-electron chi connectivity index (χ0n) is 15.8. The highest BCUT2D eigenvalue weighted by molar-refractivity contribution is 7.92. The lowest BCUT2D eigenvalue weighted by Crippen LogP contribution is -2.12. The number of hydrogen-bond donors (Lipinski definition) is 2. The van der Waals surface area contributed by atoms with Gasteiger partial charge in [-0.1, -0.05) is 18.2 Å². The highest BCUT2D eigenvalue weighted by Gasteiger charge is 2.09. The van der Waals surface area contributed by atoms with Crippen LogP contribution in [-0.4, -0.2) is 27.7 Å². The summed E-state index contributed by atoms with van der Waals surface area (Å²) in [5.74, 6) is -0.405. The Morgan fingerprint density at radius 2 is 1.76 bits per heavy atom. The van der Waals surface area contributed by atoms with Crippen LogP contribution in [0.3, 0.4) is 0 Å². The van der Waals surface area contributed by atoms with Gasteiger partial charge in [0.1, 0.15) is 11.6 Å². The number of nitrogens with one attached hydrogen (secondary N) is 2. The topological polar surface area (TPSA) is 84.5 Å². The van der Waals surface area contributed by atoms with Crippen molar-refractivity contribution in [2.45, 2.75) is 0 Å². The van der Waals surface area contributed by atoms with E-state index in [2.05, 4.69) is 10.0 Å². The molecule has 0 atom stereocenters. The minimum atomic E-state index is -3.64. The van der Waals surface area contributed by atoms with Crippen molar-refractivity contribution in [3.63, 3.8) is 0 Å². The van der Waals surface area contributed by atoms with E-state index in [0.29, 0.717) is 0 Å². The number of anilines is 2. The third kappa shape index (κ3) is 5.55. The molecule has 0 aromatic heterocycles. The van der Waals surface area contributed by atoms with Gasteiger partial charge in [-0.15, -0.1) is 0 Å². The molecule has 1 amide bonds. The van der Waals surface area contributed by atoms with Gasteiger partial charge in [0.15, 0.2) is 0 Å². The van der Waals surface area contributed by atoms with Gasteiger partial charge in [-0.05, 0) is 58.8 Å². The molecule has 0 heterocycles. The van der Waals surface area contributed by atoms with Crippen molar-refractivity contribution < 1.29 is 22.3 Å². The maximum Gasteiger partial charge on any atom is 0.248 e. The Balaban J connectivity index is 1.72. The van der Waals surface area contributed by atoms with Crippen LogP contribution < -0.4 is 14.8 Å². The van der Waals surface area contributed by atoms with Crippen molar-refractivity contribution in [1.82, 2.24) is 0 Å². The summed E-state index contributed by atoms with van der Waals surface area (Å²) in [5, 5.41) is 4.59. The van der Waals surface area contributed by atoms with Crippen molar-refractivity contribution in [3.05, 3.63) is 72.1 Å². The van der Waals surface area contributed by atoms with Crippen LogP contribution in [0.4, 0.5) is 15.8 Å². The Morgan fingerprint density at radius 3 is 2.48 bits per heavy atom. The SMILES string of the molecule is COc1ccc2cc(/C=C\C(=O)Nc3ccc(F)c(NS(C)(=O)=O)c3)ccc2c1. The summed E-state index contributed by atoms with van der Waals surface area (Å²) in [6.07, 6.45) is 3.91. The first-order valence-corrected chi connectivity index (χ1v) is 10.5. The molecule has 3 aromatic carbocycles. The Bertz CT molecular complexity index is 1210. The molecule has 0 unspecified atom stereocenters. The van der Waals surface area contributed by atoms with Crippen LogP contribution in [-0.2, 0) is 14.8 Å². The maximum atomic E-state index is 13.7. The molecule has 0 bridgehead atoms. The van der Waals surface area contributed by atoms with Crippen LogP contribution in [0.15, 0.2) is 60.7 Å². The number of carbonyl (C=O) groups is 1. The Labute approximate surface area is 168 Å². The van der Waals surface area contributed by atoms with Crippen molar-refractivity contribution in [3.8, 4) is 5.75 Å². The minimum absolute atomic E-state index is 0.237. The first-order chi connectivity index (χ1) is 13.7. The number of methoxy groups -OCH3 is 1. The van der Waals surface area contributed by atoms with Crippen LogP contribution in [0, 0.1) is 5.82 Å². The van der Waals surface area contributed by atoms with Gasteiger partial charge in [0.25, 0.3) is 0 Å². The van der Waals surface area contributed by atoms with Crippen LogP contribution in [0.25, 0.3) is 16.8 Å². The third-order valence-electron chi connectivity index (χ3n) is 4.03. The fourth-order valence-corrected chi connectivity index (χ4v) is 3.27. The molecule has 2 N–H and O–H groups in total. The molecule has 6 nitrogen and oxygen atoms in total. The van der Waals surface area contributed by atoms with E-state index in [-0.39, 0.29) is 11.4 Å². The summed E-state index contributed by atoms with van der Waals surface area (Å²) in [4.78, 5) is 12.2. The molecule has 3 rings (SSSR count). The van der Waals surface area contributed by atoms with Gasteiger partial charge in [-0.25, -0.2) is 12.8 Å². The van der Waals surface area contributed by atoms with Crippen molar-refractivity contribution in [1.29, 1.82) is 0 Å². The van der Waals surface area contributed by atoms with E-state index in [4.69, 9.17) is 4.74 Å². The van der Waals surface area contributed by atoms with E-state index in [1.807, 2.05) is 36.4 Å². The van der Waals surface area contributed by atoms with E-state index >= 15 is 0 Å². The standard InChI is InChI=1S/C21H19FN2O4S/c1-28-18-8-6-15-11-14(3-5-16(15)12-18)4-10-21(25)23-17-7-9-19(22)20(13-17)24-29(2,26)27/h3-13,24H,1-2H3,(H,23,25)/b10-4-. The molecule has 0 spiro atoms. The van der Waals surface area contributed by atoms with Crippen molar-refractivity contribution in [2.24, 2.45) is 0 Å². The molecule has 0 saturated heterocycles. The average Bonchev–Trinajstić information content (AvgIpc) is 2.67. The predicted octanol–water partition coefficient (Wildman–Crippen LogP) is 4.01. The number of rotatable bonds is 6. The van der Waals surface area contributed by atoms with E-state index in [0.717, 1.165) is 34.4 Å². The zero-order chi connectivity index (χ0) is 21.0. The van der Waals surface area contributed by atoms with Gasteiger partial charge >= 0.3 is 0 Å². The van der Waals surface area contributed by atoms with Crippen molar-refractivity contribution >= 4 is 44.2 Å². The molecular formula is C21H19FN2O4S. The number of hydrogen-bond acceptors (Lipinski definition) is 4. The largest absolute Gasteiger partial charge is 0.497 e. The lowest BCUT2D eigenvalue weighted by Gasteiger charge is -2.08. The molecule has 0 aliphatic heterocycles. The van der Waals surface area contributed by atoms with Crippen molar-refractivity contribution in [2.75, 3.05) is 23.4 Å². The molecule has 0 fully saturated rings. The molecule has 0 aliphatic rings. The van der Waals surface area contributed by atoms with Crippen LogP contribution >= 0.6 is 0 Å². The van der Waals surface area contributed by atoms with Crippen LogP contribution in [0.2, 0.25) is 0 Å². The van der Waals surface area contributed by atoms with Gasteiger partial charge in [0, 0.05) is 11.8 Å². The maximum absolute atomic E-state index is 13.7. The number of sulfonamides is 1. The quantitative estimate of drug-likeness (QED) is 0.597. The first-order valence-electron chi connectivity index (χ1n) is 8.58.